The zero-order valence-corrected chi connectivity index (χ0v) is 15.7. The van der Waals surface area contributed by atoms with Crippen LogP contribution < -0.4 is 0 Å². The lowest BCUT2D eigenvalue weighted by Crippen LogP contribution is -2.39. The summed E-state index contributed by atoms with van der Waals surface area (Å²) < 4.78 is 0. The SMILES string of the molecule is CC1C=C2CCC(=CCCN1C(=O)/C(C#N)=C\C1(C)CCCC1)CC2. The lowest BCUT2D eigenvalue weighted by Gasteiger charge is -2.31. The van der Waals surface area contributed by atoms with Crippen LogP contribution in [0.2, 0.25) is 0 Å². The quantitative estimate of drug-likeness (QED) is 0.401. The van der Waals surface area contributed by atoms with E-state index in [1.54, 1.807) is 0 Å². The molecule has 4 aliphatic rings. The summed E-state index contributed by atoms with van der Waals surface area (Å²) in [5, 5.41) is 9.63. The number of hydrogen-bond donors (Lipinski definition) is 0. The van der Waals surface area contributed by atoms with E-state index >= 15 is 0 Å². The molecule has 3 nitrogen and oxygen atoms in total. The molecule has 1 unspecified atom stereocenters. The summed E-state index contributed by atoms with van der Waals surface area (Å²) in [6.07, 6.45) is 16.6. The molecule has 0 saturated heterocycles. The van der Waals surface area contributed by atoms with Crippen LogP contribution in [0.4, 0.5) is 0 Å². The molecule has 2 fully saturated rings. The van der Waals surface area contributed by atoms with Crippen LogP contribution in [0.3, 0.4) is 0 Å². The highest BCUT2D eigenvalue weighted by molar-refractivity contribution is 5.97. The molecule has 4 rings (SSSR count). The van der Waals surface area contributed by atoms with Crippen molar-refractivity contribution in [3.8, 4) is 6.07 Å². The normalized spacial score (nSPS) is 26.7. The Morgan fingerprint density at radius 2 is 1.88 bits per heavy atom. The van der Waals surface area contributed by atoms with Crippen LogP contribution >= 0.6 is 0 Å². The van der Waals surface area contributed by atoms with Crippen LogP contribution in [0, 0.1) is 16.7 Å². The van der Waals surface area contributed by atoms with Gasteiger partial charge in [-0.3, -0.25) is 4.79 Å². The van der Waals surface area contributed by atoms with E-state index in [2.05, 4.69) is 32.1 Å². The number of carbonyl (C=O) groups is 1. The van der Waals surface area contributed by atoms with Crippen molar-refractivity contribution < 1.29 is 4.79 Å². The first-order chi connectivity index (χ1) is 12.0. The van der Waals surface area contributed by atoms with E-state index in [0.29, 0.717) is 12.1 Å². The number of hydrogen-bond acceptors (Lipinski definition) is 2. The fourth-order valence-electron chi connectivity index (χ4n) is 4.56. The number of allylic oxidation sites excluding steroid dienone is 3. The van der Waals surface area contributed by atoms with E-state index in [1.807, 2.05) is 11.0 Å². The molecule has 0 aromatic rings. The monoisotopic (exact) mass is 338 g/mol. The molecule has 2 heterocycles. The van der Waals surface area contributed by atoms with Gasteiger partial charge in [0.25, 0.3) is 5.91 Å². The van der Waals surface area contributed by atoms with Crippen LogP contribution in [0.25, 0.3) is 0 Å². The second-order valence-electron chi connectivity index (χ2n) is 8.25. The molecule has 2 aliphatic heterocycles. The van der Waals surface area contributed by atoms with Crippen LogP contribution in [-0.2, 0) is 4.79 Å². The van der Waals surface area contributed by atoms with Gasteiger partial charge < -0.3 is 4.90 Å². The number of amides is 1. The van der Waals surface area contributed by atoms with E-state index in [0.717, 1.165) is 32.1 Å². The predicted molar refractivity (Wildman–Crippen MR) is 101 cm³/mol. The highest BCUT2D eigenvalue weighted by Crippen LogP contribution is 2.39. The van der Waals surface area contributed by atoms with Gasteiger partial charge in [-0.2, -0.15) is 5.26 Å². The maximum absolute atomic E-state index is 13.1. The van der Waals surface area contributed by atoms with Gasteiger partial charge in [0, 0.05) is 12.6 Å². The Bertz CT molecular complexity index is 644. The smallest absolute Gasteiger partial charge is 0.264 e. The summed E-state index contributed by atoms with van der Waals surface area (Å²) in [5.74, 6) is -0.0881. The zero-order chi connectivity index (χ0) is 17.9. The Balaban J connectivity index is 1.83. The number of fused-ring (bicyclic) bond motifs is 7. The first-order valence-electron chi connectivity index (χ1n) is 9.82. The van der Waals surface area contributed by atoms with Gasteiger partial charge in [0.1, 0.15) is 11.6 Å². The number of rotatable bonds is 2. The van der Waals surface area contributed by atoms with E-state index in [4.69, 9.17) is 0 Å². The third-order valence-corrected chi connectivity index (χ3v) is 6.16. The molecule has 0 radical (unpaired) electrons. The van der Waals surface area contributed by atoms with Crippen molar-refractivity contribution in [1.29, 1.82) is 5.26 Å². The Morgan fingerprint density at radius 1 is 1.24 bits per heavy atom. The molecule has 2 aliphatic carbocycles. The van der Waals surface area contributed by atoms with Crippen LogP contribution in [0.1, 0.15) is 71.6 Å². The van der Waals surface area contributed by atoms with E-state index in [9.17, 15) is 10.1 Å². The molecule has 134 valence electrons. The van der Waals surface area contributed by atoms with Gasteiger partial charge in [0.2, 0.25) is 0 Å². The van der Waals surface area contributed by atoms with Crippen LogP contribution in [0.15, 0.2) is 34.9 Å². The summed E-state index contributed by atoms with van der Waals surface area (Å²) in [7, 11) is 0. The van der Waals surface area contributed by atoms with Crippen molar-refractivity contribution in [3.05, 3.63) is 34.9 Å². The Morgan fingerprint density at radius 3 is 2.52 bits per heavy atom. The summed E-state index contributed by atoms with van der Waals surface area (Å²) in [4.78, 5) is 15.0. The standard InChI is InChI=1S/C22H30N2O/c1-17-14-19-9-7-18(8-10-19)6-5-13-24(17)21(25)20(16-23)15-22(2)11-3-4-12-22/h6,14-15,17H,3-5,7-13H2,1-2H3/b18-6?,19-14?,20-15-. The maximum Gasteiger partial charge on any atom is 0.264 e. The molecule has 3 heteroatoms. The van der Waals surface area contributed by atoms with E-state index < -0.39 is 0 Å². The molecule has 2 saturated carbocycles. The van der Waals surface area contributed by atoms with Crippen molar-refractivity contribution in [2.24, 2.45) is 5.41 Å². The topological polar surface area (TPSA) is 44.1 Å². The Labute approximate surface area is 152 Å². The van der Waals surface area contributed by atoms with Gasteiger partial charge in [-0.1, -0.05) is 49.1 Å². The van der Waals surface area contributed by atoms with E-state index in [-0.39, 0.29) is 17.4 Å². The first-order valence-corrected chi connectivity index (χ1v) is 9.82. The molecular formula is C22H30N2O. The fourth-order valence-corrected chi connectivity index (χ4v) is 4.56. The molecule has 0 spiro atoms. The van der Waals surface area contributed by atoms with Gasteiger partial charge in [0.15, 0.2) is 0 Å². The largest absolute Gasteiger partial charge is 0.332 e. The van der Waals surface area contributed by atoms with Crippen molar-refractivity contribution >= 4 is 5.91 Å². The average Bonchev–Trinajstić information content (AvgIpc) is 3.04. The van der Waals surface area contributed by atoms with Gasteiger partial charge in [-0.05, 0) is 57.3 Å². The number of nitriles is 1. The summed E-state index contributed by atoms with van der Waals surface area (Å²) >= 11 is 0. The van der Waals surface area contributed by atoms with Crippen molar-refractivity contribution in [2.75, 3.05) is 6.54 Å². The second kappa shape index (κ2) is 7.60. The first kappa shape index (κ1) is 18.0. The van der Waals surface area contributed by atoms with Crippen LogP contribution in [-0.4, -0.2) is 23.4 Å². The summed E-state index contributed by atoms with van der Waals surface area (Å²) in [6, 6.07) is 2.26. The van der Waals surface area contributed by atoms with Crippen molar-refractivity contribution in [1.82, 2.24) is 4.90 Å². The number of nitrogens with zero attached hydrogens (tertiary/aromatic N) is 2. The van der Waals surface area contributed by atoms with Gasteiger partial charge >= 0.3 is 0 Å². The lowest BCUT2D eigenvalue weighted by atomic mass is 9.86. The summed E-state index contributed by atoms with van der Waals surface area (Å²) in [6.45, 7) is 4.98. The van der Waals surface area contributed by atoms with Gasteiger partial charge in [-0.15, -0.1) is 0 Å². The zero-order valence-electron chi connectivity index (χ0n) is 15.7. The summed E-state index contributed by atoms with van der Waals surface area (Å²) in [5.41, 5.74) is 3.35. The molecule has 0 N–H and O–H groups in total. The highest BCUT2D eigenvalue weighted by Gasteiger charge is 2.30. The van der Waals surface area contributed by atoms with Crippen molar-refractivity contribution in [2.45, 2.75) is 77.7 Å². The molecular weight excluding hydrogens is 308 g/mol. The number of carbonyl (C=O) groups excluding carboxylic acids is 1. The lowest BCUT2D eigenvalue weighted by molar-refractivity contribution is -0.127. The molecule has 25 heavy (non-hydrogen) atoms. The Hall–Kier alpha value is -1.82. The minimum Gasteiger partial charge on any atom is -0.332 e. The Kier molecular flexibility index (Phi) is 5.47. The van der Waals surface area contributed by atoms with Crippen LogP contribution in [0.5, 0.6) is 0 Å². The molecule has 0 aromatic heterocycles. The highest BCUT2D eigenvalue weighted by atomic mass is 16.2. The van der Waals surface area contributed by atoms with E-state index in [1.165, 1.54) is 36.8 Å². The van der Waals surface area contributed by atoms with Crippen molar-refractivity contribution in [3.63, 3.8) is 0 Å². The maximum atomic E-state index is 13.1. The minimum absolute atomic E-state index is 0.0145. The third kappa shape index (κ3) is 4.24. The van der Waals surface area contributed by atoms with Gasteiger partial charge in [0.05, 0.1) is 0 Å². The molecule has 1 amide bonds. The molecule has 2 bridgehead atoms. The third-order valence-electron chi connectivity index (χ3n) is 6.16. The second-order valence-corrected chi connectivity index (χ2v) is 8.25. The molecule has 1 atom stereocenters. The fraction of sp³-hybridized carbons (Fsp3) is 0.636. The molecule has 0 aromatic carbocycles. The minimum atomic E-state index is -0.0881. The average molecular weight is 338 g/mol. The predicted octanol–water partition coefficient (Wildman–Crippen LogP) is 5.06. The van der Waals surface area contributed by atoms with Gasteiger partial charge in [-0.25, -0.2) is 0 Å².